The number of hydrogen-bond donors (Lipinski definition) is 0. The van der Waals surface area contributed by atoms with E-state index < -0.39 is 5.54 Å². The van der Waals surface area contributed by atoms with Gasteiger partial charge < -0.3 is 4.74 Å². The van der Waals surface area contributed by atoms with Gasteiger partial charge >= 0.3 is 0 Å². The molecule has 0 aliphatic rings. The largest absolute Gasteiger partial charge is 0.497 e. The standard InChI is InChI=1S/C20H25NO2/c1-5-20(21(2)3,15-16-9-7-6-8-10-16)19(22)17-11-13-18(23-4)14-12-17/h6-14H,5,15H2,1-4H3. The van der Waals surface area contributed by atoms with Gasteiger partial charge in [-0.25, -0.2) is 0 Å². The summed E-state index contributed by atoms with van der Waals surface area (Å²) in [6.45, 7) is 2.07. The number of likely N-dealkylation sites (N-methyl/N-ethyl adjacent to an activating group) is 1. The smallest absolute Gasteiger partial charge is 0.183 e. The number of ketones is 1. The van der Waals surface area contributed by atoms with Crippen molar-refractivity contribution in [1.29, 1.82) is 0 Å². The van der Waals surface area contributed by atoms with Crippen LogP contribution in [-0.4, -0.2) is 37.4 Å². The van der Waals surface area contributed by atoms with E-state index in [1.807, 2.05) is 61.5 Å². The van der Waals surface area contributed by atoms with E-state index in [1.54, 1.807) is 7.11 Å². The Morgan fingerprint density at radius 1 is 1.04 bits per heavy atom. The molecule has 0 amide bonds. The van der Waals surface area contributed by atoms with Crippen LogP contribution in [0.5, 0.6) is 5.75 Å². The second kappa shape index (κ2) is 7.42. The third-order valence-corrected chi connectivity index (χ3v) is 4.56. The minimum atomic E-state index is -0.546. The maximum absolute atomic E-state index is 13.3. The number of methoxy groups -OCH3 is 1. The number of nitrogens with zero attached hydrogens (tertiary/aromatic N) is 1. The van der Waals surface area contributed by atoms with Gasteiger partial charge in [0.15, 0.2) is 5.78 Å². The van der Waals surface area contributed by atoms with Crippen LogP contribution in [0.15, 0.2) is 54.6 Å². The number of carbonyl (C=O) groups is 1. The fourth-order valence-electron chi connectivity index (χ4n) is 2.99. The van der Waals surface area contributed by atoms with Crippen LogP contribution in [0.1, 0.15) is 29.3 Å². The Morgan fingerprint density at radius 2 is 1.65 bits per heavy atom. The van der Waals surface area contributed by atoms with Gasteiger partial charge in [0.2, 0.25) is 0 Å². The second-order valence-electron chi connectivity index (χ2n) is 6.00. The van der Waals surface area contributed by atoms with Crippen molar-refractivity contribution in [3.63, 3.8) is 0 Å². The molecule has 1 atom stereocenters. The minimum absolute atomic E-state index is 0.150. The maximum Gasteiger partial charge on any atom is 0.183 e. The molecule has 2 aromatic carbocycles. The van der Waals surface area contributed by atoms with Crippen molar-refractivity contribution >= 4 is 5.78 Å². The SMILES string of the molecule is CCC(Cc1ccccc1)(C(=O)c1ccc(OC)cc1)N(C)C. The molecule has 0 N–H and O–H groups in total. The lowest BCUT2D eigenvalue weighted by molar-refractivity contribution is 0.0666. The number of carbonyl (C=O) groups excluding carboxylic acids is 1. The van der Waals surface area contributed by atoms with Crippen molar-refractivity contribution < 1.29 is 9.53 Å². The highest BCUT2D eigenvalue weighted by molar-refractivity contribution is 6.03. The van der Waals surface area contributed by atoms with Crippen molar-refractivity contribution in [1.82, 2.24) is 4.90 Å². The highest BCUT2D eigenvalue weighted by Gasteiger charge is 2.39. The molecule has 0 spiro atoms. The van der Waals surface area contributed by atoms with Crippen molar-refractivity contribution in [2.75, 3.05) is 21.2 Å². The molecule has 1 unspecified atom stereocenters. The Hall–Kier alpha value is -2.13. The summed E-state index contributed by atoms with van der Waals surface area (Å²) in [7, 11) is 5.59. The molecule has 122 valence electrons. The van der Waals surface area contributed by atoms with E-state index >= 15 is 0 Å². The molecule has 0 saturated heterocycles. The Kier molecular flexibility index (Phi) is 5.56. The molecule has 0 aliphatic heterocycles. The summed E-state index contributed by atoms with van der Waals surface area (Å²) < 4.78 is 5.18. The van der Waals surface area contributed by atoms with Crippen LogP contribution >= 0.6 is 0 Å². The molecule has 3 nitrogen and oxygen atoms in total. The van der Waals surface area contributed by atoms with Gasteiger partial charge in [-0.15, -0.1) is 0 Å². The number of Topliss-reactive ketones (excluding diaryl/α,β-unsaturated/α-hetero) is 1. The average molecular weight is 311 g/mol. The molecule has 0 heterocycles. The zero-order valence-corrected chi connectivity index (χ0v) is 14.4. The van der Waals surface area contributed by atoms with E-state index in [1.165, 1.54) is 5.56 Å². The summed E-state index contributed by atoms with van der Waals surface area (Å²) in [4.78, 5) is 15.3. The first kappa shape index (κ1) is 17.2. The van der Waals surface area contributed by atoms with Crippen molar-refractivity contribution in [3.8, 4) is 5.75 Å². The van der Waals surface area contributed by atoms with Gasteiger partial charge in [0.25, 0.3) is 0 Å². The quantitative estimate of drug-likeness (QED) is 0.728. The number of rotatable bonds is 7. The van der Waals surface area contributed by atoms with E-state index in [0.29, 0.717) is 6.42 Å². The number of benzene rings is 2. The highest BCUT2D eigenvalue weighted by Crippen LogP contribution is 2.28. The van der Waals surface area contributed by atoms with E-state index in [4.69, 9.17) is 4.74 Å². The zero-order valence-electron chi connectivity index (χ0n) is 14.4. The fraction of sp³-hybridized carbons (Fsp3) is 0.350. The van der Waals surface area contributed by atoms with E-state index in [9.17, 15) is 4.79 Å². The van der Waals surface area contributed by atoms with Crippen LogP contribution in [-0.2, 0) is 6.42 Å². The van der Waals surface area contributed by atoms with Crippen LogP contribution in [0.4, 0.5) is 0 Å². The summed E-state index contributed by atoms with van der Waals surface area (Å²) in [6.07, 6.45) is 1.45. The predicted octanol–water partition coefficient (Wildman–Crippen LogP) is 3.83. The molecule has 23 heavy (non-hydrogen) atoms. The third kappa shape index (κ3) is 3.62. The predicted molar refractivity (Wildman–Crippen MR) is 94.2 cm³/mol. The van der Waals surface area contributed by atoms with E-state index in [2.05, 4.69) is 19.1 Å². The lowest BCUT2D eigenvalue weighted by Crippen LogP contribution is -2.52. The van der Waals surface area contributed by atoms with Crippen LogP contribution in [0, 0.1) is 0 Å². The van der Waals surface area contributed by atoms with Crippen LogP contribution in [0.2, 0.25) is 0 Å². The minimum Gasteiger partial charge on any atom is -0.497 e. The zero-order chi connectivity index (χ0) is 16.9. The van der Waals surface area contributed by atoms with Gasteiger partial charge in [-0.05, 0) is 56.8 Å². The van der Waals surface area contributed by atoms with Gasteiger partial charge in [-0.2, -0.15) is 0 Å². The van der Waals surface area contributed by atoms with Crippen LogP contribution in [0.25, 0.3) is 0 Å². The summed E-state index contributed by atoms with van der Waals surface area (Å²) in [5.41, 5.74) is 1.35. The van der Waals surface area contributed by atoms with Crippen molar-refractivity contribution in [2.45, 2.75) is 25.3 Å². The molecule has 0 bridgehead atoms. The monoisotopic (exact) mass is 311 g/mol. The summed E-state index contributed by atoms with van der Waals surface area (Å²) in [5, 5.41) is 0. The van der Waals surface area contributed by atoms with Gasteiger partial charge in [0, 0.05) is 5.56 Å². The van der Waals surface area contributed by atoms with Gasteiger partial charge in [-0.1, -0.05) is 37.3 Å². The second-order valence-corrected chi connectivity index (χ2v) is 6.00. The first-order valence-electron chi connectivity index (χ1n) is 7.93. The van der Waals surface area contributed by atoms with Crippen LogP contribution < -0.4 is 4.74 Å². The first-order valence-corrected chi connectivity index (χ1v) is 7.93. The highest BCUT2D eigenvalue weighted by atomic mass is 16.5. The van der Waals surface area contributed by atoms with Crippen LogP contribution in [0.3, 0.4) is 0 Å². The van der Waals surface area contributed by atoms with Gasteiger partial charge in [0.05, 0.1) is 12.6 Å². The first-order chi connectivity index (χ1) is 11.0. The maximum atomic E-state index is 13.3. The number of ether oxygens (including phenoxy) is 1. The lowest BCUT2D eigenvalue weighted by Gasteiger charge is -2.38. The topological polar surface area (TPSA) is 29.5 Å². The molecule has 3 heteroatoms. The molecular formula is C20H25NO2. The Balaban J connectivity index is 2.38. The summed E-state index contributed by atoms with van der Waals surface area (Å²) >= 11 is 0. The van der Waals surface area contributed by atoms with Crippen molar-refractivity contribution in [3.05, 3.63) is 65.7 Å². The number of hydrogen-bond acceptors (Lipinski definition) is 3. The van der Waals surface area contributed by atoms with E-state index in [-0.39, 0.29) is 5.78 Å². The molecular weight excluding hydrogens is 286 g/mol. The molecule has 0 saturated carbocycles. The summed E-state index contributed by atoms with van der Waals surface area (Å²) in [6, 6.07) is 17.6. The molecule has 0 aromatic heterocycles. The Labute approximate surface area is 138 Å². The summed E-state index contributed by atoms with van der Waals surface area (Å²) in [5.74, 6) is 0.910. The van der Waals surface area contributed by atoms with Crippen molar-refractivity contribution in [2.24, 2.45) is 0 Å². The van der Waals surface area contributed by atoms with Gasteiger partial charge in [0.1, 0.15) is 5.75 Å². The molecule has 2 rings (SSSR count). The van der Waals surface area contributed by atoms with E-state index in [0.717, 1.165) is 17.7 Å². The fourth-order valence-corrected chi connectivity index (χ4v) is 2.99. The Bertz CT molecular complexity index is 634. The van der Waals surface area contributed by atoms with Gasteiger partial charge in [-0.3, -0.25) is 9.69 Å². The third-order valence-electron chi connectivity index (χ3n) is 4.56. The average Bonchev–Trinajstić information content (AvgIpc) is 2.60. The molecule has 0 fully saturated rings. The lowest BCUT2D eigenvalue weighted by atomic mass is 9.80. The molecule has 2 aromatic rings. The Morgan fingerprint density at radius 3 is 2.13 bits per heavy atom. The molecule has 0 radical (unpaired) electrons. The molecule has 0 aliphatic carbocycles. The normalized spacial score (nSPS) is 13.6.